The molecule has 0 fully saturated rings. The van der Waals surface area contributed by atoms with Gasteiger partial charge in [-0.1, -0.05) is 31.9 Å². The van der Waals surface area contributed by atoms with Crippen molar-refractivity contribution in [3.8, 4) is 0 Å². The van der Waals surface area contributed by atoms with Crippen LogP contribution < -0.4 is 5.32 Å². The molecule has 0 radical (unpaired) electrons. The lowest BCUT2D eigenvalue weighted by atomic mass is 10.2. The van der Waals surface area contributed by atoms with E-state index in [0.29, 0.717) is 0 Å². The first-order valence-corrected chi connectivity index (χ1v) is 5.89. The van der Waals surface area contributed by atoms with Crippen LogP contribution in [0.5, 0.6) is 0 Å². The quantitative estimate of drug-likeness (QED) is 0.417. The van der Waals surface area contributed by atoms with Gasteiger partial charge in [0.25, 0.3) is 0 Å². The van der Waals surface area contributed by atoms with E-state index in [-0.39, 0.29) is 25.4 Å². The van der Waals surface area contributed by atoms with Crippen LogP contribution in [0.4, 0.5) is 0 Å². The summed E-state index contributed by atoms with van der Waals surface area (Å²) in [6, 6.07) is -1.00. The first-order valence-electron chi connectivity index (χ1n) is 5.89. The van der Waals surface area contributed by atoms with Crippen molar-refractivity contribution < 1.29 is 19.8 Å². The molecule has 0 unspecified atom stereocenters. The van der Waals surface area contributed by atoms with Crippen LogP contribution in [-0.4, -0.2) is 34.7 Å². The third kappa shape index (κ3) is 8.45. The number of carbonyl (C=O) groups is 2. The fourth-order valence-electron chi connectivity index (χ4n) is 1.27. The summed E-state index contributed by atoms with van der Waals surface area (Å²) in [5.41, 5.74) is 0. The average Bonchev–Trinajstić information content (AvgIpc) is 2.28. The van der Waals surface area contributed by atoms with Crippen LogP contribution in [0.3, 0.4) is 0 Å². The first kappa shape index (κ1) is 15.6. The third-order valence-corrected chi connectivity index (χ3v) is 2.25. The highest BCUT2D eigenvalue weighted by molar-refractivity contribution is 5.84. The topological polar surface area (TPSA) is 86.6 Å². The van der Waals surface area contributed by atoms with Crippen LogP contribution in [0.2, 0.25) is 0 Å². The number of hydrogen-bond donors (Lipinski definition) is 3. The first-order chi connectivity index (χ1) is 8.11. The minimum atomic E-state index is -1.12. The Labute approximate surface area is 102 Å². The van der Waals surface area contributed by atoms with Gasteiger partial charge in [-0.25, -0.2) is 4.79 Å². The Hall–Kier alpha value is -1.36. The van der Waals surface area contributed by atoms with Crippen molar-refractivity contribution in [2.24, 2.45) is 0 Å². The van der Waals surface area contributed by atoms with Gasteiger partial charge in [-0.05, 0) is 6.42 Å². The average molecular weight is 243 g/mol. The van der Waals surface area contributed by atoms with E-state index < -0.39 is 12.0 Å². The van der Waals surface area contributed by atoms with E-state index in [4.69, 9.17) is 10.2 Å². The van der Waals surface area contributed by atoms with Gasteiger partial charge < -0.3 is 15.5 Å². The van der Waals surface area contributed by atoms with Crippen molar-refractivity contribution in [2.45, 2.75) is 45.1 Å². The summed E-state index contributed by atoms with van der Waals surface area (Å²) in [4.78, 5) is 22.1. The van der Waals surface area contributed by atoms with Crippen molar-refractivity contribution in [1.82, 2.24) is 5.32 Å². The molecule has 1 atom stereocenters. The second-order valence-electron chi connectivity index (χ2n) is 3.79. The molecule has 0 bridgehead atoms. The van der Waals surface area contributed by atoms with Gasteiger partial charge in [0, 0.05) is 19.4 Å². The van der Waals surface area contributed by atoms with E-state index in [1.807, 2.05) is 6.08 Å². The zero-order chi connectivity index (χ0) is 13.1. The molecule has 0 saturated heterocycles. The van der Waals surface area contributed by atoms with Crippen molar-refractivity contribution in [3.05, 3.63) is 12.2 Å². The van der Waals surface area contributed by atoms with E-state index in [1.165, 1.54) is 0 Å². The number of carboxylic acids is 1. The standard InChI is InChI=1S/C12H21NO4/c1-2-3-4-5-6-7-11(15)13-10(8-9-14)12(16)17/h5-6,10,14H,2-4,7-9H2,1H3,(H,13,15)(H,16,17)/t10-/m0/s1. The highest BCUT2D eigenvalue weighted by Gasteiger charge is 2.18. The maximum Gasteiger partial charge on any atom is 0.326 e. The predicted molar refractivity (Wildman–Crippen MR) is 64.6 cm³/mol. The lowest BCUT2D eigenvalue weighted by Gasteiger charge is -2.12. The minimum Gasteiger partial charge on any atom is -0.480 e. The molecule has 0 saturated carbocycles. The molecule has 0 spiro atoms. The molecular formula is C12H21NO4. The molecule has 0 aromatic heterocycles. The van der Waals surface area contributed by atoms with E-state index in [1.54, 1.807) is 6.08 Å². The third-order valence-electron chi connectivity index (χ3n) is 2.25. The fourth-order valence-corrected chi connectivity index (χ4v) is 1.27. The van der Waals surface area contributed by atoms with Crippen LogP contribution >= 0.6 is 0 Å². The highest BCUT2D eigenvalue weighted by Crippen LogP contribution is 1.97. The van der Waals surface area contributed by atoms with Crippen molar-refractivity contribution >= 4 is 11.9 Å². The van der Waals surface area contributed by atoms with Crippen molar-refractivity contribution in [3.63, 3.8) is 0 Å². The summed E-state index contributed by atoms with van der Waals surface area (Å²) in [5.74, 6) is -1.46. The normalized spacial score (nSPS) is 12.6. The molecule has 0 heterocycles. The molecule has 1 amide bonds. The second-order valence-corrected chi connectivity index (χ2v) is 3.79. The lowest BCUT2D eigenvalue weighted by molar-refractivity contribution is -0.142. The summed E-state index contributed by atoms with van der Waals surface area (Å²) >= 11 is 0. The fraction of sp³-hybridized carbons (Fsp3) is 0.667. The summed E-state index contributed by atoms with van der Waals surface area (Å²) in [7, 11) is 0. The Kier molecular flexibility index (Phi) is 9.05. The molecule has 3 N–H and O–H groups in total. The SMILES string of the molecule is CCCCC=CCC(=O)N[C@@H](CCO)C(=O)O. The van der Waals surface area contributed by atoms with Gasteiger partial charge in [0.2, 0.25) is 5.91 Å². The Morgan fingerprint density at radius 3 is 2.59 bits per heavy atom. The van der Waals surface area contributed by atoms with Gasteiger partial charge in [-0.15, -0.1) is 0 Å². The maximum atomic E-state index is 11.4. The number of unbranched alkanes of at least 4 members (excludes halogenated alkanes) is 2. The van der Waals surface area contributed by atoms with Gasteiger partial charge in [0.1, 0.15) is 6.04 Å². The summed E-state index contributed by atoms with van der Waals surface area (Å²) in [6.07, 6.45) is 6.99. The molecule has 0 aliphatic carbocycles. The Balaban J connectivity index is 3.89. The number of rotatable bonds is 9. The summed E-state index contributed by atoms with van der Waals surface area (Å²) < 4.78 is 0. The highest BCUT2D eigenvalue weighted by atomic mass is 16.4. The Morgan fingerprint density at radius 1 is 1.35 bits per heavy atom. The van der Waals surface area contributed by atoms with E-state index in [0.717, 1.165) is 19.3 Å². The number of nitrogens with one attached hydrogen (secondary N) is 1. The van der Waals surface area contributed by atoms with Gasteiger partial charge in [-0.3, -0.25) is 4.79 Å². The van der Waals surface area contributed by atoms with Crippen LogP contribution in [0, 0.1) is 0 Å². The molecule has 0 rings (SSSR count). The number of allylic oxidation sites excluding steroid dienone is 1. The molecule has 0 aliphatic rings. The van der Waals surface area contributed by atoms with Gasteiger partial charge >= 0.3 is 5.97 Å². The van der Waals surface area contributed by atoms with Crippen LogP contribution in [-0.2, 0) is 9.59 Å². The van der Waals surface area contributed by atoms with E-state index >= 15 is 0 Å². The van der Waals surface area contributed by atoms with Gasteiger partial charge in [0.15, 0.2) is 0 Å². The molecule has 5 heteroatoms. The van der Waals surface area contributed by atoms with Crippen LogP contribution in [0.15, 0.2) is 12.2 Å². The Morgan fingerprint density at radius 2 is 2.06 bits per heavy atom. The van der Waals surface area contributed by atoms with Gasteiger partial charge in [-0.2, -0.15) is 0 Å². The molecule has 17 heavy (non-hydrogen) atoms. The predicted octanol–water partition coefficient (Wildman–Crippen LogP) is 1.07. The lowest BCUT2D eigenvalue weighted by Crippen LogP contribution is -2.41. The van der Waals surface area contributed by atoms with Crippen molar-refractivity contribution in [2.75, 3.05) is 6.61 Å². The number of aliphatic carboxylic acids is 1. The molecule has 0 aromatic rings. The number of aliphatic hydroxyl groups is 1. The van der Waals surface area contributed by atoms with Gasteiger partial charge in [0.05, 0.1) is 0 Å². The molecule has 0 aliphatic heterocycles. The minimum absolute atomic E-state index is 0.0284. The molecular weight excluding hydrogens is 222 g/mol. The zero-order valence-electron chi connectivity index (χ0n) is 10.2. The van der Waals surface area contributed by atoms with E-state index in [9.17, 15) is 9.59 Å². The summed E-state index contributed by atoms with van der Waals surface area (Å²) in [5, 5.41) is 19.8. The smallest absolute Gasteiger partial charge is 0.326 e. The van der Waals surface area contributed by atoms with Crippen molar-refractivity contribution in [1.29, 1.82) is 0 Å². The maximum absolute atomic E-state index is 11.4. The van der Waals surface area contributed by atoms with Crippen LogP contribution in [0.1, 0.15) is 39.0 Å². The summed E-state index contributed by atoms with van der Waals surface area (Å²) in [6.45, 7) is 1.83. The van der Waals surface area contributed by atoms with E-state index in [2.05, 4.69) is 12.2 Å². The number of carbonyl (C=O) groups excluding carboxylic acids is 1. The second kappa shape index (κ2) is 9.84. The number of hydrogen-bond acceptors (Lipinski definition) is 3. The monoisotopic (exact) mass is 243 g/mol. The molecule has 0 aromatic carbocycles. The molecule has 98 valence electrons. The number of aliphatic hydroxyl groups excluding tert-OH is 1. The number of carboxylic acid groups (broad SMARTS) is 1. The zero-order valence-corrected chi connectivity index (χ0v) is 10.2. The molecule has 5 nitrogen and oxygen atoms in total. The largest absolute Gasteiger partial charge is 0.480 e. The number of amides is 1. The Bertz CT molecular complexity index is 263. The van der Waals surface area contributed by atoms with Crippen LogP contribution in [0.25, 0.3) is 0 Å².